The van der Waals surface area contributed by atoms with Crippen molar-refractivity contribution in [1.29, 1.82) is 0 Å². The van der Waals surface area contributed by atoms with Crippen molar-refractivity contribution in [3.05, 3.63) is 18.3 Å². The normalized spacial score (nSPS) is 11.9. The molecule has 1 heterocycles. The summed E-state index contributed by atoms with van der Waals surface area (Å²) in [5.41, 5.74) is 5.84. The van der Waals surface area contributed by atoms with Gasteiger partial charge in [0.1, 0.15) is 0 Å². The molecule has 0 aliphatic carbocycles. The van der Waals surface area contributed by atoms with Crippen LogP contribution in [-0.4, -0.2) is 58.2 Å². The van der Waals surface area contributed by atoms with Crippen LogP contribution in [0.5, 0.6) is 0 Å². The predicted octanol–water partition coefficient (Wildman–Crippen LogP) is 0.337. The van der Waals surface area contributed by atoms with Gasteiger partial charge in [0.15, 0.2) is 5.03 Å². The first-order valence-corrected chi connectivity index (χ1v) is 7.66. The summed E-state index contributed by atoms with van der Waals surface area (Å²) < 4.78 is 36.3. The summed E-state index contributed by atoms with van der Waals surface area (Å²) in [4.78, 5) is 3.88. The monoisotopic (exact) mass is 303 g/mol. The summed E-state index contributed by atoms with van der Waals surface area (Å²) in [5, 5.41) is -0.117. The highest BCUT2D eigenvalue weighted by atomic mass is 32.2. The zero-order valence-electron chi connectivity index (χ0n) is 11.8. The zero-order chi connectivity index (χ0) is 15.0. The highest BCUT2D eigenvalue weighted by Gasteiger charge is 2.27. The van der Waals surface area contributed by atoms with Gasteiger partial charge in [-0.15, -0.1) is 0 Å². The number of hydrogen-bond acceptors (Lipinski definition) is 6. The topological polar surface area (TPSA) is 94.8 Å². The van der Waals surface area contributed by atoms with Crippen LogP contribution in [0, 0.1) is 0 Å². The largest absolute Gasteiger partial charge is 0.396 e. The van der Waals surface area contributed by atoms with Gasteiger partial charge in [-0.3, -0.25) is 0 Å². The smallest absolute Gasteiger partial charge is 0.262 e. The molecule has 0 radical (unpaired) electrons. The lowest BCUT2D eigenvalue weighted by Gasteiger charge is -2.21. The lowest BCUT2D eigenvalue weighted by atomic mass is 10.4. The molecule has 20 heavy (non-hydrogen) atoms. The van der Waals surface area contributed by atoms with Crippen LogP contribution >= 0.6 is 0 Å². The van der Waals surface area contributed by atoms with Gasteiger partial charge in [0.2, 0.25) is 0 Å². The average Bonchev–Trinajstić information content (AvgIpc) is 2.42. The molecule has 0 bridgehead atoms. The van der Waals surface area contributed by atoms with Crippen LogP contribution in [0.2, 0.25) is 0 Å². The second-order valence-corrected chi connectivity index (χ2v) is 5.99. The summed E-state index contributed by atoms with van der Waals surface area (Å²) in [6.45, 7) is 1.36. The molecule has 2 N–H and O–H groups in total. The minimum absolute atomic E-state index is 0.117. The van der Waals surface area contributed by atoms with E-state index in [2.05, 4.69) is 4.98 Å². The Morgan fingerprint density at radius 2 is 1.95 bits per heavy atom. The molecule has 1 aromatic rings. The molecular formula is C12H21N3O4S. The molecule has 0 unspecified atom stereocenters. The van der Waals surface area contributed by atoms with E-state index < -0.39 is 10.0 Å². The van der Waals surface area contributed by atoms with E-state index in [4.69, 9.17) is 15.2 Å². The summed E-state index contributed by atoms with van der Waals surface area (Å²) >= 11 is 0. The molecule has 0 fully saturated rings. The van der Waals surface area contributed by atoms with Crippen molar-refractivity contribution in [2.45, 2.75) is 11.4 Å². The molecule has 0 spiro atoms. The summed E-state index contributed by atoms with van der Waals surface area (Å²) in [5.74, 6) is 0. The summed E-state index contributed by atoms with van der Waals surface area (Å²) in [6.07, 6.45) is 2.00. The molecule has 1 aromatic heterocycles. The molecule has 0 amide bonds. The third-order valence-electron chi connectivity index (χ3n) is 2.69. The van der Waals surface area contributed by atoms with Gasteiger partial charge >= 0.3 is 0 Å². The fourth-order valence-corrected chi connectivity index (χ4v) is 3.16. The first-order valence-electron chi connectivity index (χ1n) is 6.22. The quantitative estimate of drug-likeness (QED) is 0.661. The Morgan fingerprint density at radius 3 is 2.55 bits per heavy atom. The molecular weight excluding hydrogens is 282 g/mol. The van der Waals surface area contributed by atoms with E-state index >= 15 is 0 Å². The van der Waals surface area contributed by atoms with Crippen molar-refractivity contribution in [2.75, 3.05) is 46.3 Å². The highest BCUT2D eigenvalue weighted by molar-refractivity contribution is 7.89. The Bertz CT molecular complexity index is 507. The van der Waals surface area contributed by atoms with E-state index in [1.165, 1.54) is 23.7 Å². The van der Waals surface area contributed by atoms with Crippen molar-refractivity contribution in [1.82, 2.24) is 9.29 Å². The average molecular weight is 303 g/mol. The molecule has 0 aromatic carbocycles. The Morgan fingerprint density at radius 1 is 1.25 bits per heavy atom. The van der Waals surface area contributed by atoms with Gasteiger partial charge in [-0.25, -0.2) is 13.4 Å². The number of nitrogens with zero attached hydrogens (tertiary/aromatic N) is 2. The maximum absolute atomic E-state index is 12.5. The van der Waals surface area contributed by atoms with E-state index in [9.17, 15) is 8.42 Å². The lowest BCUT2D eigenvalue weighted by molar-refractivity contribution is 0.164. The molecule has 1 rings (SSSR count). The van der Waals surface area contributed by atoms with Crippen molar-refractivity contribution in [3.63, 3.8) is 0 Å². The molecule has 114 valence electrons. The Hall–Kier alpha value is -1.22. The number of nitrogen functional groups attached to an aromatic ring is 1. The Kier molecular flexibility index (Phi) is 6.86. The number of methoxy groups -OCH3 is 2. The minimum atomic E-state index is -3.72. The Labute approximate surface area is 119 Å². The van der Waals surface area contributed by atoms with Crippen molar-refractivity contribution in [2.24, 2.45) is 0 Å². The number of hydrogen-bond donors (Lipinski definition) is 1. The Balaban J connectivity index is 2.95. The van der Waals surface area contributed by atoms with E-state index in [1.807, 2.05) is 0 Å². The highest BCUT2D eigenvalue weighted by Crippen LogP contribution is 2.19. The third-order valence-corrected chi connectivity index (χ3v) is 4.56. The van der Waals surface area contributed by atoms with Crippen LogP contribution in [0.4, 0.5) is 5.69 Å². The number of anilines is 1. The van der Waals surface area contributed by atoms with Gasteiger partial charge < -0.3 is 15.2 Å². The maximum Gasteiger partial charge on any atom is 0.262 e. The fraction of sp³-hybridized carbons (Fsp3) is 0.583. The standard InChI is InChI=1S/C12H21N3O4S/c1-18-9-4-7-15(8-10-19-2)20(16,17)12-11(13)5-3-6-14-12/h3,5-6H,4,7-10,13H2,1-2H3. The first kappa shape index (κ1) is 16.8. The van der Waals surface area contributed by atoms with Gasteiger partial charge in [-0.2, -0.15) is 4.31 Å². The number of nitrogens with two attached hydrogens (primary N) is 1. The van der Waals surface area contributed by atoms with Gasteiger partial charge in [0.25, 0.3) is 10.0 Å². The first-order chi connectivity index (χ1) is 9.54. The van der Waals surface area contributed by atoms with Crippen LogP contribution in [0.25, 0.3) is 0 Å². The fourth-order valence-electron chi connectivity index (χ4n) is 1.67. The van der Waals surface area contributed by atoms with Crippen LogP contribution in [0.3, 0.4) is 0 Å². The zero-order valence-corrected chi connectivity index (χ0v) is 12.6. The van der Waals surface area contributed by atoms with Gasteiger partial charge in [-0.05, 0) is 18.6 Å². The minimum Gasteiger partial charge on any atom is -0.396 e. The molecule has 8 heteroatoms. The second-order valence-electron chi connectivity index (χ2n) is 4.14. The molecule has 0 saturated carbocycles. The van der Waals surface area contributed by atoms with Gasteiger partial charge in [0.05, 0.1) is 12.3 Å². The van der Waals surface area contributed by atoms with Crippen molar-refractivity contribution >= 4 is 15.7 Å². The number of ether oxygens (including phenoxy) is 2. The summed E-state index contributed by atoms with van der Waals surface area (Å²) in [7, 11) is -0.626. The van der Waals surface area contributed by atoms with E-state index in [-0.39, 0.29) is 17.3 Å². The molecule has 0 aliphatic heterocycles. The van der Waals surface area contributed by atoms with E-state index in [0.29, 0.717) is 26.2 Å². The number of aromatic nitrogens is 1. The van der Waals surface area contributed by atoms with Gasteiger partial charge in [0, 0.05) is 40.1 Å². The summed E-state index contributed by atoms with van der Waals surface area (Å²) in [6, 6.07) is 3.11. The van der Waals surface area contributed by atoms with Gasteiger partial charge in [-0.1, -0.05) is 0 Å². The maximum atomic E-state index is 12.5. The predicted molar refractivity (Wildman–Crippen MR) is 75.8 cm³/mol. The van der Waals surface area contributed by atoms with Crippen molar-refractivity contribution < 1.29 is 17.9 Å². The second kappa shape index (κ2) is 8.15. The number of sulfonamides is 1. The lowest BCUT2D eigenvalue weighted by Crippen LogP contribution is -2.36. The van der Waals surface area contributed by atoms with E-state index in [1.54, 1.807) is 13.2 Å². The van der Waals surface area contributed by atoms with Crippen LogP contribution in [0.15, 0.2) is 23.4 Å². The number of pyridine rings is 1. The van der Waals surface area contributed by atoms with Crippen LogP contribution < -0.4 is 5.73 Å². The van der Waals surface area contributed by atoms with Crippen molar-refractivity contribution in [3.8, 4) is 0 Å². The number of rotatable bonds is 9. The van der Waals surface area contributed by atoms with Crippen LogP contribution in [0.1, 0.15) is 6.42 Å². The molecule has 0 saturated heterocycles. The van der Waals surface area contributed by atoms with E-state index in [0.717, 1.165) is 0 Å². The van der Waals surface area contributed by atoms with Crippen LogP contribution in [-0.2, 0) is 19.5 Å². The molecule has 0 aliphatic rings. The molecule has 0 atom stereocenters. The SMILES string of the molecule is COCCCN(CCOC)S(=O)(=O)c1ncccc1N. The third kappa shape index (κ3) is 4.41. The molecule has 7 nitrogen and oxygen atoms in total.